The molecule has 1 aromatic heterocycles. The molecule has 3 unspecified atom stereocenters. The van der Waals surface area contributed by atoms with E-state index in [4.69, 9.17) is 0 Å². The molecule has 7 nitrogen and oxygen atoms in total. The van der Waals surface area contributed by atoms with Crippen LogP contribution in [0, 0.1) is 5.92 Å². The molecule has 2 aromatic rings. The molecule has 1 saturated heterocycles. The van der Waals surface area contributed by atoms with Crippen molar-refractivity contribution < 1.29 is 14.7 Å². The van der Waals surface area contributed by atoms with Crippen LogP contribution < -0.4 is 16.2 Å². The van der Waals surface area contributed by atoms with Gasteiger partial charge in [-0.2, -0.15) is 0 Å². The molecule has 0 radical (unpaired) electrons. The number of carboxylic acids is 1. The predicted octanol–water partition coefficient (Wildman–Crippen LogP) is 1.42. The first-order chi connectivity index (χ1) is 12.5. The molecule has 1 fully saturated rings. The number of thiazole rings is 1. The highest BCUT2D eigenvalue weighted by Gasteiger charge is 2.41. The fourth-order valence-corrected chi connectivity index (χ4v) is 4.08. The maximum Gasteiger partial charge on any atom is 0.326 e. The van der Waals surface area contributed by atoms with Gasteiger partial charge in [-0.3, -0.25) is 15.6 Å². The molecule has 3 atom stereocenters. The standard InChI is InChI=1S/C18H22N4O3S/c1-10-15(11(2)22-21-10)16(18(24)25)20-17(23)13-9-26-14(19-13)8-12-6-4-3-5-7-12/h3-7,9-11,15-16,21-22H,8H2,1-2H3,(H,20,23)(H,24,25). The summed E-state index contributed by atoms with van der Waals surface area (Å²) < 4.78 is 0. The summed E-state index contributed by atoms with van der Waals surface area (Å²) in [5.41, 5.74) is 7.41. The van der Waals surface area contributed by atoms with Crippen molar-refractivity contribution in [3.05, 3.63) is 52.0 Å². The lowest BCUT2D eigenvalue weighted by molar-refractivity contribution is -0.141. The number of amides is 1. The molecule has 26 heavy (non-hydrogen) atoms. The van der Waals surface area contributed by atoms with Gasteiger partial charge in [0.25, 0.3) is 5.91 Å². The second kappa shape index (κ2) is 7.94. The number of carbonyl (C=O) groups excluding carboxylic acids is 1. The van der Waals surface area contributed by atoms with Crippen molar-refractivity contribution in [1.29, 1.82) is 0 Å². The first-order valence-corrected chi connectivity index (χ1v) is 9.36. The van der Waals surface area contributed by atoms with Crippen LogP contribution in [0.25, 0.3) is 0 Å². The zero-order valence-electron chi connectivity index (χ0n) is 14.6. The van der Waals surface area contributed by atoms with Crippen molar-refractivity contribution in [2.75, 3.05) is 0 Å². The number of carbonyl (C=O) groups is 2. The summed E-state index contributed by atoms with van der Waals surface area (Å²) in [6.07, 6.45) is 0.645. The second-order valence-electron chi connectivity index (χ2n) is 6.52. The summed E-state index contributed by atoms with van der Waals surface area (Å²) >= 11 is 1.40. The highest BCUT2D eigenvalue weighted by molar-refractivity contribution is 7.09. The molecule has 4 N–H and O–H groups in total. The third-order valence-electron chi connectivity index (χ3n) is 4.61. The molecule has 3 rings (SSSR count). The molecule has 2 heterocycles. The van der Waals surface area contributed by atoms with Crippen molar-refractivity contribution in [2.45, 2.75) is 38.4 Å². The number of hydrogen-bond donors (Lipinski definition) is 4. The summed E-state index contributed by atoms with van der Waals surface area (Å²) in [4.78, 5) is 28.6. The highest BCUT2D eigenvalue weighted by Crippen LogP contribution is 2.20. The van der Waals surface area contributed by atoms with E-state index in [0.717, 1.165) is 10.6 Å². The summed E-state index contributed by atoms with van der Waals surface area (Å²) in [7, 11) is 0. The number of hydrogen-bond acceptors (Lipinski definition) is 6. The second-order valence-corrected chi connectivity index (χ2v) is 7.46. The van der Waals surface area contributed by atoms with E-state index in [2.05, 4.69) is 21.2 Å². The van der Waals surface area contributed by atoms with Crippen LogP contribution >= 0.6 is 11.3 Å². The van der Waals surface area contributed by atoms with Gasteiger partial charge in [0.05, 0.1) is 5.01 Å². The van der Waals surface area contributed by atoms with Gasteiger partial charge in [0, 0.05) is 29.8 Å². The van der Waals surface area contributed by atoms with Gasteiger partial charge in [-0.1, -0.05) is 30.3 Å². The van der Waals surface area contributed by atoms with Gasteiger partial charge < -0.3 is 10.4 Å². The Balaban J connectivity index is 1.69. The molecule has 1 aliphatic rings. The quantitative estimate of drug-likeness (QED) is 0.610. The van der Waals surface area contributed by atoms with Crippen molar-refractivity contribution in [1.82, 2.24) is 21.2 Å². The lowest BCUT2D eigenvalue weighted by Crippen LogP contribution is -2.51. The van der Waals surface area contributed by atoms with Crippen LogP contribution in [0.4, 0.5) is 0 Å². The van der Waals surface area contributed by atoms with Crippen LogP contribution in [0.5, 0.6) is 0 Å². The first-order valence-electron chi connectivity index (χ1n) is 8.48. The zero-order valence-corrected chi connectivity index (χ0v) is 15.4. The Labute approximate surface area is 155 Å². The van der Waals surface area contributed by atoms with E-state index in [0.29, 0.717) is 6.42 Å². The molecule has 1 aliphatic heterocycles. The third kappa shape index (κ3) is 4.09. The number of rotatable bonds is 6. The number of benzene rings is 1. The monoisotopic (exact) mass is 374 g/mol. The highest BCUT2D eigenvalue weighted by atomic mass is 32.1. The van der Waals surface area contributed by atoms with E-state index < -0.39 is 17.9 Å². The lowest BCUT2D eigenvalue weighted by Gasteiger charge is -2.25. The summed E-state index contributed by atoms with van der Waals surface area (Å²) in [5.74, 6) is -1.77. The Hall–Kier alpha value is -2.29. The SMILES string of the molecule is CC1NNC(C)C1C(NC(=O)c1csc(Cc2ccccc2)n1)C(=O)O. The van der Waals surface area contributed by atoms with Gasteiger partial charge >= 0.3 is 5.97 Å². The molecule has 138 valence electrons. The average molecular weight is 374 g/mol. The zero-order chi connectivity index (χ0) is 18.7. The summed E-state index contributed by atoms with van der Waals surface area (Å²) in [6.45, 7) is 3.79. The molecule has 0 saturated carbocycles. The minimum absolute atomic E-state index is 0.0736. The van der Waals surface area contributed by atoms with E-state index in [9.17, 15) is 14.7 Å². The van der Waals surface area contributed by atoms with E-state index >= 15 is 0 Å². The number of nitrogens with zero attached hydrogens (tertiary/aromatic N) is 1. The van der Waals surface area contributed by atoms with Crippen molar-refractivity contribution in [2.24, 2.45) is 5.92 Å². The van der Waals surface area contributed by atoms with Gasteiger partial charge in [0.2, 0.25) is 0 Å². The number of aliphatic carboxylic acids is 1. The van der Waals surface area contributed by atoms with E-state index in [-0.39, 0.29) is 23.7 Å². The Morgan fingerprint density at radius 1 is 1.23 bits per heavy atom. The Bertz CT molecular complexity index is 770. The topological polar surface area (TPSA) is 103 Å². The van der Waals surface area contributed by atoms with Gasteiger partial charge in [-0.25, -0.2) is 9.78 Å². The van der Waals surface area contributed by atoms with E-state index in [1.54, 1.807) is 5.38 Å². The van der Waals surface area contributed by atoms with Gasteiger partial charge in [-0.15, -0.1) is 11.3 Å². The largest absolute Gasteiger partial charge is 0.480 e. The lowest BCUT2D eigenvalue weighted by atomic mass is 9.88. The van der Waals surface area contributed by atoms with Crippen LogP contribution in [0.15, 0.2) is 35.7 Å². The normalized spacial score (nSPS) is 23.5. The number of nitrogens with one attached hydrogen (secondary N) is 3. The molecule has 0 aliphatic carbocycles. The summed E-state index contributed by atoms with van der Waals surface area (Å²) in [6, 6.07) is 8.74. The van der Waals surface area contributed by atoms with E-state index in [1.165, 1.54) is 11.3 Å². The maximum absolute atomic E-state index is 12.5. The van der Waals surface area contributed by atoms with Gasteiger partial charge in [0.1, 0.15) is 11.7 Å². The molecule has 0 bridgehead atoms. The fourth-order valence-electron chi connectivity index (χ4n) is 3.27. The minimum Gasteiger partial charge on any atom is -0.480 e. The van der Waals surface area contributed by atoms with Crippen LogP contribution in [0.2, 0.25) is 0 Å². The minimum atomic E-state index is -1.05. The number of carboxylic acid groups (broad SMARTS) is 1. The maximum atomic E-state index is 12.5. The molecule has 0 spiro atoms. The number of hydrazine groups is 1. The van der Waals surface area contributed by atoms with Crippen molar-refractivity contribution in [3.63, 3.8) is 0 Å². The Morgan fingerprint density at radius 3 is 2.50 bits per heavy atom. The summed E-state index contributed by atoms with van der Waals surface area (Å²) in [5, 5.41) is 14.7. The predicted molar refractivity (Wildman–Crippen MR) is 98.9 cm³/mol. The Kier molecular flexibility index (Phi) is 5.65. The molecular formula is C18H22N4O3S. The van der Waals surface area contributed by atoms with Gasteiger partial charge in [0.15, 0.2) is 0 Å². The van der Waals surface area contributed by atoms with Crippen LogP contribution in [0.3, 0.4) is 0 Å². The molecule has 1 aromatic carbocycles. The first kappa shape index (κ1) is 18.5. The number of aromatic nitrogens is 1. The van der Waals surface area contributed by atoms with Crippen molar-refractivity contribution >= 4 is 23.2 Å². The van der Waals surface area contributed by atoms with E-state index in [1.807, 2.05) is 44.2 Å². The van der Waals surface area contributed by atoms with Gasteiger partial charge in [-0.05, 0) is 19.4 Å². The fraction of sp³-hybridized carbons (Fsp3) is 0.389. The van der Waals surface area contributed by atoms with Crippen LogP contribution in [-0.2, 0) is 11.2 Å². The molecule has 8 heteroatoms. The Morgan fingerprint density at radius 2 is 1.88 bits per heavy atom. The average Bonchev–Trinajstić information content (AvgIpc) is 3.20. The third-order valence-corrected chi connectivity index (χ3v) is 5.46. The smallest absolute Gasteiger partial charge is 0.326 e. The van der Waals surface area contributed by atoms with Crippen molar-refractivity contribution in [3.8, 4) is 0 Å². The molecular weight excluding hydrogens is 352 g/mol. The van der Waals surface area contributed by atoms with Crippen LogP contribution in [0.1, 0.15) is 34.9 Å². The molecule has 1 amide bonds. The van der Waals surface area contributed by atoms with Crippen LogP contribution in [-0.4, -0.2) is 40.1 Å².